The SMILES string of the molecule is C[C@@H]1C(=O)NCCN1C(=O)NC(c1ccc(F)c(Cl)c1)c1ccc(F)c(OCC(F)(F)F)n1. The number of hydrogen-bond donors (Lipinski definition) is 2. The van der Waals surface area contributed by atoms with E-state index in [0.717, 1.165) is 18.2 Å². The number of carbonyl (C=O) groups is 2. The molecule has 2 N–H and O–H groups in total. The lowest BCUT2D eigenvalue weighted by atomic mass is 10.0. The van der Waals surface area contributed by atoms with Crippen LogP contribution >= 0.6 is 11.6 Å². The van der Waals surface area contributed by atoms with Crippen LogP contribution in [0.15, 0.2) is 30.3 Å². The van der Waals surface area contributed by atoms with Crippen LogP contribution in [0.2, 0.25) is 5.02 Å². The number of rotatable bonds is 5. The average molecular weight is 493 g/mol. The van der Waals surface area contributed by atoms with Crippen LogP contribution in [0.4, 0.5) is 26.7 Å². The van der Waals surface area contributed by atoms with Gasteiger partial charge in [0, 0.05) is 13.1 Å². The molecule has 1 aromatic carbocycles. The van der Waals surface area contributed by atoms with Gasteiger partial charge in [-0.15, -0.1) is 0 Å². The zero-order valence-corrected chi connectivity index (χ0v) is 17.8. The fourth-order valence-electron chi connectivity index (χ4n) is 3.14. The Morgan fingerprint density at radius 1 is 1.30 bits per heavy atom. The third-order valence-electron chi connectivity index (χ3n) is 4.81. The minimum atomic E-state index is -4.73. The Balaban J connectivity index is 1.96. The minimum Gasteiger partial charge on any atom is -0.466 e. The number of benzene rings is 1. The molecule has 1 aliphatic heterocycles. The summed E-state index contributed by atoms with van der Waals surface area (Å²) in [6.07, 6.45) is -4.73. The van der Waals surface area contributed by atoms with Gasteiger partial charge in [-0.05, 0) is 36.8 Å². The summed E-state index contributed by atoms with van der Waals surface area (Å²) >= 11 is 5.85. The van der Waals surface area contributed by atoms with Gasteiger partial charge in [0.25, 0.3) is 5.88 Å². The van der Waals surface area contributed by atoms with Crippen LogP contribution in [-0.4, -0.2) is 53.7 Å². The highest BCUT2D eigenvalue weighted by Gasteiger charge is 2.32. The Hall–Kier alpha value is -3.15. The van der Waals surface area contributed by atoms with Crippen LogP contribution in [0, 0.1) is 11.6 Å². The van der Waals surface area contributed by atoms with Crippen molar-refractivity contribution >= 4 is 23.5 Å². The third kappa shape index (κ3) is 6.01. The smallest absolute Gasteiger partial charge is 0.422 e. The lowest BCUT2D eigenvalue weighted by Gasteiger charge is -2.34. The van der Waals surface area contributed by atoms with E-state index in [4.69, 9.17) is 11.6 Å². The number of amides is 3. The van der Waals surface area contributed by atoms with E-state index in [9.17, 15) is 31.5 Å². The van der Waals surface area contributed by atoms with Crippen molar-refractivity contribution in [2.24, 2.45) is 0 Å². The molecular weight excluding hydrogens is 475 g/mol. The Morgan fingerprint density at radius 3 is 2.67 bits per heavy atom. The number of aromatic nitrogens is 1. The van der Waals surface area contributed by atoms with Gasteiger partial charge in [-0.2, -0.15) is 13.2 Å². The van der Waals surface area contributed by atoms with E-state index < -0.39 is 48.4 Å². The van der Waals surface area contributed by atoms with Crippen LogP contribution in [0.3, 0.4) is 0 Å². The van der Waals surface area contributed by atoms with Gasteiger partial charge in [0.1, 0.15) is 11.9 Å². The quantitative estimate of drug-likeness (QED) is 0.625. The summed E-state index contributed by atoms with van der Waals surface area (Å²) in [6.45, 7) is 0.136. The number of nitrogens with zero attached hydrogens (tertiary/aromatic N) is 2. The maximum absolute atomic E-state index is 14.0. The van der Waals surface area contributed by atoms with E-state index in [1.165, 1.54) is 24.0 Å². The molecule has 3 amide bonds. The molecule has 2 atom stereocenters. The number of urea groups is 1. The van der Waals surface area contributed by atoms with Gasteiger partial charge in [0.05, 0.1) is 16.8 Å². The lowest BCUT2D eigenvalue weighted by Crippen LogP contribution is -2.58. The molecule has 2 aromatic rings. The van der Waals surface area contributed by atoms with Gasteiger partial charge in [-0.1, -0.05) is 17.7 Å². The molecule has 1 aromatic heterocycles. The van der Waals surface area contributed by atoms with Gasteiger partial charge in [-0.25, -0.2) is 18.6 Å². The van der Waals surface area contributed by atoms with Gasteiger partial charge in [0.2, 0.25) is 5.91 Å². The van der Waals surface area contributed by atoms with Crippen molar-refractivity contribution in [2.75, 3.05) is 19.7 Å². The fraction of sp³-hybridized carbons (Fsp3) is 0.350. The van der Waals surface area contributed by atoms with E-state index in [-0.39, 0.29) is 35.3 Å². The third-order valence-corrected chi connectivity index (χ3v) is 5.10. The molecule has 0 spiro atoms. The van der Waals surface area contributed by atoms with Crippen LogP contribution < -0.4 is 15.4 Å². The second-order valence-electron chi connectivity index (χ2n) is 7.14. The molecule has 1 unspecified atom stereocenters. The summed E-state index contributed by atoms with van der Waals surface area (Å²) in [5, 5.41) is 4.92. The average Bonchev–Trinajstić information content (AvgIpc) is 2.75. The molecule has 178 valence electrons. The van der Waals surface area contributed by atoms with Gasteiger partial charge >= 0.3 is 12.2 Å². The largest absolute Gasteiger partial charge is 0.466 e. The van der Waals surface area contributed by atoms with Crippen molar-refractivity contribution in [2.45, 2.75) is 25.2 Å². The molecule has 0 bridgehead atoms. The first-order valence-electron chi connectivity index (χ1n) is 9.62. The fourth-order valence-corrected chi connectivity index (χ4v) is 3.33. The standard InChI is InChI=1S/C20H18ClF5N4O3/c1-10-17(31)27-6-7-30(10)19(32)29-16(11-2-3-13(22)12(21)8-11)15-5-4-14(23)18(28-15)33-9-20(24,25)26/h2-5,8,10,16H,6-7,9H2,1H3,(H,27,31)(H,29,32)/t10-,16?/m1/s1. The number of halogens is 6. The van der Waals surface area contributed by atoms with Crippen molar-refractivity contribution in [3.05, 3.63) is 58.2 Å². The predicted octanol–water partition coefficient (Wildman–Crippen LogP) is 3.57. The monoisotopic (exact) mass is 492 g/mol. The van der Waals surface area contributed by atoms with Crippen molar-refractivity contribution < 1.29 is 36.3 Å². The van der Waals surface area contributed by atoms with E-state index >= 15 is 0 Å². The molecule has 33 heavy (non-hydrogen) atoms. The highest BCUT2D eigenvalue weighted by molar-refractivity contribution is 6.30. The summed E-state index contributed by atoms with van der Waals surface area (Å²) in [5.74, 6) is -3.19. The van der Waals surface area contributed by atoms with Crippen molar-refractivity contribution in [1.82, 2.24) is 20.5 Å². The molecule has 0 aliphatic carbocycles. The van der Waals surface area contributed by atoms with E-state index in [1.54, 1.807) is 0 Å². The van der Waals surface area contributed by atoms with Crippen LogP contribution in [0.25, 0.3) is 0 Å². The molecular formula is C20H18ClF5N4O3. The van der Waals surface area contributed by atoms with Crippen molar-refractivity contribution in [1.29, 1.82) is 0 Å². The second-order valence-corrected chi connectivity index (χ2v) is 7.55. The van der Waals surface area contributed by atoms with Crippen LogP contribution in [-0.2, 0) is 4.79 Å². The van der Waals surface area contributed by atoms with Crippen molar-refractivity contribution in [3.8, 4) is 5.88 Å². The highest BCUT2D eigenvalue weighted by atomic mass is 35.5. The number of piperazine rings is 1. The van der Waals surface area contributed by atoms with E-state index in [0.29, 0.717) is 0 Å². The number of ether oxygens (including phenoxy) is 1. The van der Waals surface area contributed by atoms with Crippen molar-refractivity contribution in [3.63, 3.8) is 0 Å². The normalized spacial score (nSPS) is 17.4. The summed E-state index contributed by atoms with van der Waals surface area (Å²) in [7, 11) is 0. The Morgan fingerprint density at radius 2 is 2.00 bits per heavy atom. The highest BCUT2D eigenvalue weighted by Crippen LogP contribution is 2.28. The molecule has 2 heterocycles. The number of alkyl halides is 3. The molecule has 1 fully saturated rings. The molecule has 0 saturated carbocycles. The minimum absolute atomic E-state index is 0.0984. The molecule has 13 heteroatoms. The van der Waals surface area contributed by atoms with E-state index in [1.807, 2.05) is 0 Å². The Bertz CT molecular complexity index is 1050. The topological polar surface area (TPSA) is 83.6 Å². The molecule has 1 aliphatic rings. The maximum Gasteiger partial charge on any atom is 0.422 e. The van der Waals surface area contributed by atoms with Crippen LogP contribution in [0.5, 0.6) is 5.88 Å². The number of hydrogen-bond acceptors (Lipinski definition) is 4. The van der Waals surface area contributed by atoms with Gasteiger partial charge < -0.3 is 20.3 Å². The molecule has 7 nitrogen and oxygen atoms in total. The summed E-state index contributed by atoms with van der Waals surface area (Å²) in [6, 6.07) is 2.77. The molecule has 1 saturated heterocycles. The van der Waals surface area contributed by atoms with E-state index in [2.05, 4.69) is 20.4 Å². The number of pyridine rings is 1. The number of carbonyl (C=O) groups excluding carboxylic acids is 2. The Kier molecular flexibility index (Phi) is 7.25. The summed E-state index contributed by atoms with van der Waals surface area (Å²) in [5.41, 5.74) is 0.114. The second kappa shape index (κ2) is 9.77. The number of nitrogens with one attached hydrogen (secondary N) is 2. The molecule has 3 rings (SSSR count). The predicted molar refractivity (Wildman–Crippen MR) is 107 cm³/mol. The van der Waals surface area contributed by atoms with Crippen LogP contribution in [0.1, 0.15) is 24.2 Å². The Labute approximate surface area is 189 Å². The zero-order chi connectivity index (χ0) is 24.3. The zero-order valence-electron chi connectivity index (χ0n) is 17.0. The lowest BCUT2D eigenvalue weighted by molar-refractivity contribution is -0.154. The summed E-state index contributed by atoms with van der Waals surface area (Å²) in [4.78, 5) is 29.8. The van der Waals surface area contributed by atoms with Gasteiger partial charge in [-0.3, -0.25) is 4.79 Å². The maximum atomic E-state index is 14.0. The summed E-state index contributed by atoms with van der Waals surface area (Å²) < 4.78 is 69.7. The first kappa shape index (κ1) is 24.5. The first-order chi connectivity index (χ1) is 15.5. The molecule has 0 radical (unpaired) electrons. The van der Waals surface area contributed by atoms with Gasteiger partial charge in [0.15, 0.2) is 12.4 Å². The first-order valence-corrected chi connectivity index (χ1v) is 10.00.